The predicted molar refractivity (Wildman–Crippen MR) is 114 cm³/mol. The SMILES string of the molecule is CN1C(=O)CCc2ccc(NC(=O)N[C@@H]3CC(C)(C)Oc4c3cccc4C(F)(F)F)cc21. The summed E-state index contributed by atoms with van der Waals surface area (Å²) in [6.45, 7) is 3.37. The van der Waals surface area contributed by atoms with Crippen molar-refractivity contribution in [3.05, 3.63) is 53.1 Å². The number of carbonyl (C=O) groups excluding carboxylic acids is 2. The van der Waals surface area contributed by atoms with Gasteiger partial charge in [-0.2, -0.15) is 13.2 Å². The molecule has 170 valence electrons. The highest BCUT2D eigenvalue weighted by Crippen LogP contribution is 2.46. The van der Waals surface area contributed by atoms with Gasteiger partial charge >= 0.3 is 12.2 Å². The Morgan fingerprint density at radius 2 is 1.94 bits per heavy atom. The van der Waals surface area contributed by atoms with Gasteiger partial charge in [0, 0.05) is 36.8 Å². The molecule has 4 rings (SSSR count). The van der Waals surface area contributed by atoms with E-state index < -0.39 is 29.4 Å². The van der Waals surface area contributed by atoms with Gasteiger partial charge in [-0.25, -0.2) is 4.79 Å². The summed E-state index contributed by atoms with van der Waals surface area (Å²) in [4.78, 5) is 26.2. The molecular formula is C23H24F3N3O3. The number of urea groups is 1. The number of fused-ring (bicyclic) bond motifs is 2. The van der Waals surface area contributed by atoms with Crippen LogP contribution < -0.4 is 20.3 Å². The molecule has 0 aliphatic carbocycles. The molecule has 2 N–H and O–H groups in total. The largest absolute Gasteiger partial charge is 0.487 e. The van der Waals surface area contributed by atoms with Crippen LogP contribution in [-0.4, -0.2) is 24.6 Å². The van der Waals surface area contributed by atoms with Gasteiger partial charge in [-0.1, -0.05) is 18.2 Å². The molecule has 0 saturated heterocycles. The Labute approximate surface area is 183 Å². The summed E-state index contributed by atoms with van der Waals surface area (Å²) < 4.78 is 46.1. The number of aryl methyl sites for hydroxylation is 1. The van der Waals surface area contributed by atoms with Crippen molar-refractivity contribution >= 4 is 23.3 Å². The second-order valence-corrected chi connectivity index (χ2v) is 8.73. The fraction of sp³-hybridized carbons (Fsp3) is 0.391. The van der Waals surface area contributed by atoms with E-state index in [1.807, 2.05) is 6.07 Å². The number of hydrogen-bond donors (Lipinski definition) is 2. The van der Waals surface area contributed by atoms with Crippen molar-refractivity contribution in [1.29, 1.82) is 0 Å². The first kappa shape index (κ1) is 22.0. The van der Waals surface area contributed by atoms with Crippen molar-refractivity contribution in [3.8, 4) is 5.75 Å². The van der Waals surface area contributed by atoms with Crippen molar-refractivity contribution in [2.45, 2.75) is 50.9 Å². The van der Waals surface area contributed by atoms with Gasteiger partial charge in [0.1, 0.15) is 11.4 Å². The Morgan fingerprint density at radius 3 is 2.66 bits per heavy atom. The lowest BCUT2D eigenvalue weighted by molar-refractivity contribution is -0.140. The number of amides is 3. The van der Waals surface area contributed by atoms with Crippen LogP contribution in [-0.2, 0) is 17.4 Å². The van der Waals surface area contributed by atoms with Crippen LogP contribution in [0.1, 0.15) is 49.4 Å². The van der Waals surface area contributed by atoms with Gasteiger partial charge in [0.05, 0.1) is 11.6 Å². The maximum absolute atomic E-state index is 13.5. The fourth-order valence-corrected chi connectivity index (χ4v) is 4.25. The third-order valence-electron chi connectivity index (χ3n) is 5.79. The Bertz CT molecular complexity index is 1080. The summed E-state index contributed by atoms with van der Waals surface area (Å²) in [7, 11) is 1.68. The van der Waals surface area contributed by atoms with E-state index in [0.717, 1.165) is 17.3 Å². The summed E-state index contributed by atoms with van der Waals surface area (Å²) in [5.41, 5.74) is 0.742. The monoisotopic (exact) mass is 447 g/mol. The maximum atomic E-state index is 13.5. The van der Waals surface area contributed by atoms with Gasteiger partial charge in [-0.05, 0) is 44.0 Å². The van der Waals surface area contributed by atoms with E-state index in [1.54, 1.807) is 37.9 Å². The molecule has 0 radical (unpaired) electrons. The van der Waals surface area contributed by atoms with Crippen molar-refractivity contribution in [3.63, 3.8) is 0 Å². The van der Waals surface area contributed by atoms with E-state index in [1.165, 1.54) is 12.1 Å². The number of para-hydroxylation sites is 1. The molecule has 2 heterocycles. The third-order valence-corrected chi connectivity index (χ3v) is 5.79. The average molecular weight is 447 g/mol. The van der Waals surface area contributed by atoms with Gasteiger partial charge in [0.25, 0.3) is 0 Å². The van der Waals surface area contributed by atoms with Crippen molar-refractivity contribution < 1.29 is 27.5 Å². The molecule has 0 aromatic heterocycles. The van der Waals surface area contributed by atoms with Crippen LogP contribution >= 0.6 is 0 Å². The van der Waals surface area contributed by atoms with E-state index >= 15 is 0 Å². The van der Waals surface area contributed by atoms with Gasteiger partial charge in [-0.3, -0.25) is 4.79 Å². The molecule has 0 fully saturated rings. The van der Waals surface area contributed by atoms with Gasteiger partial charge in [0.15, 0.2) is 0 Å². The van der Waals surface area contributed by atoms with Crippen LogP contribution in [0.2, 0.25) is 0 Å². The number of nitrogens with one attached hydrogen (secondary N) is 2. The smallest absolute Gasteiger partial charge is 0.419 e. The van der Waals surface area contributed by atoms with Gasteiger partial charge < -0.3 is 20.3 Å². The summed E-state index contributed by atoms with van der Waals surface area (Å²) >= 11 is 0. The minimum atomic E-state index is -4.57. The molecular weight excluding hydrogens is 423 g/mol. The number of carbonyl (C=O) groups is 2. The zero-order valence-corrected chi connectivity index (χ0v) is 18.0. The summed E-state index contributed by atoms with van der Waals surface area (Å²) in [5, 5.41) is 5.51. The number of nitrogens with zero attached hydrogens (tertiary/aromatic N) is 1. The van der Waals surface area contributed by atoms with E-state index in [4.69, 9.17) is 4.74 Å². The standard InChI is InChI=1S/C23H24F3N3O3/c1-22(2)12-17(15-5-4-6-16(20(15)32-22)23(24,25)26)28-21(31)27-14-9-7-13-8-10-19(30)29(3)18(13)11-14/h4-7,9,11,17H,8,10,12H2,1-3H3,(H2,27,28,31)/t17-/m1/s1. The predicted octanol–water partition coefficient (Wildman–Crippen LogP) is 5.04. The van der Waals surface area contributed by atoms with Crippen LogP contribution in [0, 0.1) is 0 Å². The highest BCUT2D eigenvalue weighted by Gasteiger charge is 2.42. The highest BCUT2D eigenvalue weighted by molar-refractivity contribution is 5.97. The molecule has 2 aromatic rings. The number of alkyl halides is 3. The average Bonchev–Trinajstić information content (AvgIpc) is 2.69. The Kier molecular flexibility index (Phi) is 5.30. The molecule has 2 aliphatic rings. The number of ether oxygens (including phenoxy) is 1. The lowest BCUT2D eigenvalue weighted by atomic mass is 9.88. The molecule has 0 saturated carbocycles. The van der Waals surface area contributed by atoms with Gasteiger partial charge in [0.2, 0.25) is 5.91 Å². The molecule has 6 nitrogen and oxygen atoms in total. The van der Waals surface area contributed by atoms with Crippen LogP contribution in [0.5, 0.6) is 5.75 Å². The number of rotatable bonds is 2. The van der Waals surface area contributed by atoms with E-state index in [0.29, 0.717) is 24.9 Å². The highest BCUT2D eigenvalue weighted by atomic mass is 19.4. The Hall–Kier alpha value is -3.23. The molecule has 2 aromatic carbocycles. The topological polar surface area (TPSA) is 70.7 Å². The maximum Gasteiger partial charge on any atom is 0.419 e. The van der Waals surface area contributed by atoms with Gasteiger partial charge in [-0.15, -0.1) is 0 Å². The quantitative estimate of drug-likeness (QED) is 0.678. The van der Waals surface area contributed by atoms with Crippen molar-refractivity contribution in [1.82, 2.24) is 5.32 Å². The molecule has 3 amide bonds. The third kappa shape index (κ3) is 4.24. The molecule has 0 unspecified atom stereocenters. The van der Waals surface area contributed by atoms with E-state index in [9.17, 15) is 22.8 Å². The Morgan fingerprint density at radius 1 is 1.19 bits per heavy atom. The first-order valence-corrected chi connectivity index (χ1v) is 10.3. The number of halogens is 3. The molecule has 1 atom stereocenters. The number of hydrogen-bond acceptors (Lipinski definition) is 3. The lowest BCUT2D eigenvalue weighted by Crippen LogP contribution is -2.43. The second kappa shape index (κ2) is 7.72. The van der Waals surface area contributed by atoms with Crippen LogP contribution in [0.15, 0.2) is 36.4 Å². The molecule has 0 spiro atoms. The minimum Gasteiger partial charge on any atom is -0.487 e. The number of benzene rings is 2. The minimum absolute atomic E-state index is 0.000569. The van der Waals surface area contributed by atoms with E-state index in [-0.39, 0.29) is 17.2 Å². The summed E-state index contributed by atoms with van der Waals surface area (Å²) in [6.07, 6.45) is -3.19. The zero-order chi connectivity index (χ0) is 23.3. The zero-order valence-electron chi connectivity index (χ0n) is 18.0. The summed E-state index contributed by atoms with van der Waals surface area (Å²) in [5.74, 6) is -0.254. The van der Waals surface area contributed by atoms with Crippen LogP contribution in [0.25, 0.3) is 0 Å². The summed E-state index contributed by atoms with van der Waals surface area (Å²) in [6, 6.07) is 7.91. The molecule has 2 aliphatic heterocycles. The molecule has 0 bridgehead atoms. The normalized spacial score (nSPS) is 19.5. The Balaban J connectivity index is 1.56. The number of anilines is 2. The van der Waals surface area contributed by atoms with Crippen LogP contribution in [0.3, 0.4) is 0 Å². The first-order chi connectivity index (χ1) is 14.9. The van der Waals surface area contributed by atoms with Crippen molar-refractivity contribution in [2.75, 3.05) is 17.3 Å². The molecule has 32 heavy (non-hydrogen) atoms. The fourth-order valence-electron chi connectivity index (χ4n) is 4.25. The van der Waals surface area contributed by atoms with Crippen molar-refractivity contribution in [2.24, 2.45) is 0 Å². The lowest BCUT2D eigenvalue weighted by Gasteiger charge is -2.39. The second-order valence-electron chi connectivity index (χ2n) is 8.73. The first-order valence-electron chi connectivity index (χ1n) is 10.3. The van der Waals surface area contributed by atoms with E-state index in [2.05, 4.69) is 10.6 Å². The van der Waals surface area contributed by atoms with Crippen LogP contribution in [0.4, 0.5) is 29.3 Å². The molecule has 9 heteroatoms.